The minimum atomic E-state index is 0.556. The molecule has 0 fully saturated rings. The molecular weight excluding hydrogens is 264 g/mol. The standard InChI is InChI=1S/C19H15Cl/c20-14-15-10-12-17(13-11-15)19-9-5-4-8-18(19)16-6-2-1-3-7-16/h1-13H,14H2. The van der Waals surface area contributed by atoms with Crippen LogP contribution in [-0.2, 0) is 5.88 Å². The highest BCUT2D eigenvalue weighted by Crippen LogP contribution is 2.31. The van der Waals surface area contributed by atoms with Crippen LogP contribution in [0.15, 0.2) is 78.9 Å². The molecule has 0 aromatic heterocycles. The van der Waals surface area contributed by atoms with E-state index in [1.54, 1.807) is 0 Å². The first kappa shape index (κ1) is 13.0. The zero-order valence-electron chi connectivity index (χ0n) is 11.1. The molecule has 3 rings (SSSR count). The zero-order valence-corrected chi connectivity index (χ0v) is 11.8. The molecular formula is C19H15Cl. The number of rotatable bonds is 3. The second-order valence-electron chi connectivity index (χ2n) is 4.74. The minimum Gasteiger partial charge on any atom is -0.122 e. The Morgan fingerprint density at radius 1 is 0.550 bits per heavy atom. The van der Waals surface area contributed by atoms with Crippen LogP contribution in [-0.4, -0.2) is 0 Å². The first-order valence-electron chi connectivity index (χ1n) is 6.68. The maximum absolute atomic E-state index is 5.85. The molecule has 98 valence electrons. The lowest BCUT2D eigenvalue weighted by Crippen LogP contribution is -1.85. The van der Waals surface area contributed by atoms with Crippen molar-refractivity contribution in [3.63, 3.8) is 0 Å². The van der Waals surface area contributed by atoms with Gasteiger partial charge in [0, 0.05) is 5.88 Å². The number of halogens is 1. The lowest BCUT2D eigenvalue weighted by atomic mass is 9.94. The quantitative estimate of drug-likeness (QED) is 0.534. The predicted molar refractivity (Wildman–Crippen MR) is 86.9 cm³/mol. The molecule has 0 saturated heterocycles. The molecule has 3 aromatic rings. The van der Waals surface area contributed by atoms with Crippen LogP contribution >= 0.6 is 11.6 Å². The van der Waals surface area contributed by atoms with Gasteiger partial charge in [-0.15, -0.1) is 11.6 Å². The second-order valence-corrected chi connectivity index (χ2v) is 5.01. The Hall–Kier alpha value is -2.05. The summed E-state index contributed by atoms with van der Waals surface area (Å²) in [6.07, 6.45) is 0. The second kappa shape index (κ2) is 5.94. The Morgan fingerprint density at radius 2 is 1.05 bits per heavy atom. The third-order valence-corrected chi connectivity index (χ3v) is 3.74. The third-order valence-electron chi connectivity index (χ3n) is 3.43. The molecule has 0 unspecified atom stereocenters. The third kappa shape index (κ3) is 2.61. The van der Waals surface area contributed by atoms with E-state index >= 15 is 0 Å². The van der Waals surface area contributed by atoms with E-state index in [-0.39, 0.29) is 0 Å². The van der Waals surface area contributed by atoms with Gasteiger partial charge in [0.15, 0.2) is 0 Å². The number of benzene rings is 3. The molecule has 0 atom stereocenters. The molecule has 20 heavy (non-hydrogen) atoms. The fourth-order valence-electron chi connectivity index (χ4n) is 2.38. The number of hydrogen-bond donors (Lipinski definition) is 0. The Bertz CT molecular complexity index is 684. The average Bonchev–Trinajstić information content (AvgIpc) is 2.56. The maximum atomic E-state index is 5.85. The molecule has 0 N–H and O–H groups in total. The van der Waals surface area contributed by atoms with E-state index in [4.69, 9.17) is 11.6 Å². The topological polar surface area (TPSA) is 0 Å². The molecule has 0 spiro atoms. The van der Waals surface area contributed by atoms with Gasteiger partial charge in [-0.2, -0.15) is 0 Å². The molecule has 0 amide bonds. The number of hydrogen-bond acceptors (Lipinski definition) is 0. The molecule has 0 radical (unpaired) electrons. The van der Waals surface area contributed by atoms with Gasteiger partial charge in [-0.3, -0.25) is 0 Å². The molecule has 3 aromatic carbocycles. The number of alkyl halides is 1. The van der Waals surface area contributed by atoms with Crippen molar-refractivity contribution in [1.82, 2.24) is 0 Å². The van der Waals surface area contributed by atoms with Gasteiger partial charge in [0.1, 0.15) is 0 Å². The van der Waals surface area contributed by atoms with E-state index in [0.29, 0.717) is 5.88 Å². The van der Waals surface area contributed by atoms with Crippen molar-refractivity contribution in [1.29, 1.82) is 0 Å². The Labute approximate surface area is 124 Å². The van der Waals surface area contributed by atoms with E-state index in [9.17, 15) is 0 Å². The van der Waals surface area contributed by atoms with Crippen molar-refractivity contribution in [3.8, 4) is 22.3 Å². The summed E-state index contributed by atoms with van der Waals surface area (Å²) in [7, 11) is 0. The van der Waals surface area contributed by atoms with Gasteiger partial charge in [-0.05, 0) is 27.8 Å². The highest BCUT2D eigenvalue weighted by atomic mass is 35.5. The van der Waals surface area contributed by atoms with Crippen molar-refractivity contribution in [3.05, 3.63) is 84.4 Å². The van der Waals surface area contributed by atoms with Crippen molar-refractivity contribution < 1.29 is 0 Å². The highest BCUT2D eigenvalue weighted by Gasteiger charge is 2.06. The molecule has 0 aliphatic carbocycles. The Morgan fingerprint density at radius 3 is 1.60 bits per heavy atom. The first-order valence-corrected chi connectivity index (χ1v) is 7.21. The fraction of sp³-hybridized carbons (Fsp3) is 0.0526. The molecule has 0 nitrogen and oxygen atoms in total. The molecule has 0 heterocycles. The summed E-state index contributed by atoms with van der Waals surface area (Å²) in [5.41, 5.74) is 6.11. The van der Waals surface area contributed by atoms with Gasteiger partial charge < -0.3 is 0 Å². The average molecular weight is 279 g/mol. The lowest BCUT2D eigenvalue weighted by molar-refractivity contribution is 1.40. The molecule has 0 saturated carbocycles. The van der Waals surface area contributed by atoms with Crippen molar-refractivity contribution in [2.45, 2.75) is 5.88 Å². The largest absolute Gasteiger partial charge is 0.122 e. The molecule has 0 bridgehead atoms. The van der Waals surface area contributed by atoms with E-state index in [1.165, 1.54) is 22.3 Å². The summed E-state index contributed by atoms with van der Waals surface area (Å²) >= 11 is 5.85. The summed E-state index contributed by atoms with van der Waals surface area (Å²) in [5, 5.41) is 0. The normalized spacial score (nSPS) is 10.4. The summed E-state index contributed by atoms with van der Waals surface area (Å²) in [6, 6.07) is 27.4. The van der Waals surface area contributed by atoms with Crippen LogP contribution in [0.4, 0.5) is 0 Å². The van der Waals surface area contributed by atoms with Crippen LogP contribution in [0.1, 0.15) is 5.56 Å². The highest BCUT2D eigenvalue weighted by molar-refractivity contribution is 6.17. The van der Waals surface area contributed by atoms with Crippen molar-refractivity contribution in [2.24, 2.45) is 0 Å². The summed E-state index contributed by atoms with van der Waals surface area (Å²) in [5.74, 6) is 0.556. The van der Waals surface area contributed by atoms with Gasteiger partial charge in [0.05, 0.1) is 0 Å². The van der Waals surface area contributed by atoms with Crippen molar-refractivity contribution >= 4 is 11.6 Å². The summed E-state index contributed by atoms with van der Waals surface area (Å²) in [6.45, 7) is 0. The first-order chi connectivity index (χ1) is 9.88. The van der Waals surface area contributed by atoms with Crippen LogP contribution in [0.25, 0.3) is 22.3 Å². The predicted octanol–water partition coefficient (Wildman–Crippen LogP) is 5.76. The smallest absolute Gasteiger partial charge is 0.0474 e. The summed E-state index contributed by atoms with van der Waals surface area (Å²) < 4.78 is 0. The Kier molecular flexibility index (Phi) is 3.85. The van der Waals surface area contributed by atoms with E-state index in [2.05, 4.69) is 72.8 Å². The van der Waals surface area contributed by atoms with Crippen molar-refractivity contribution in [2.75, 3.05) is 0 Å². The maximum Gasteiger partial charge on any atom is 0.0474 e. The van der Waals surface area contributed by atoms with Gasteiger partial charge >= 0.3 is 0 Å². The van der Waals surface area contributed by atoms with Gasteiger partial charge in [-0.1, -0.05) is 78.9 Å². The Balaban J connectivity index is 2.10. The van der Waals surface area contributed by atoms with Crippen LogP contribution in [0.5, 0.6) is 0 Å². The van der Waals surface area contributed by atoms with Crippen LogP contribution in [0, 0.1) is 0 Å². The van der Waals surface area contributed by atoms with Crippen LogP contribution in [0.3, 0.4) is 0 Å². The zero-order chi connectivity index (χ0) is 13.8. The van der Waals surface area contributed by atoms with Crippen LogP contribution < -0.4 is 0 Å². The summed E-state index contributed by atoms with van der Waals surface area (Å²) in [4.78, 5) is 0. The van der Waals surface area contributed by atoms with Crippen LogP contribution in [0.2, 0.25) is 0 Å². The molecule has 1 heteroatoms. The van der Waals surface area contributed by atoms with Gasteiger partial charge in [0.25, 0.3) is 0 Å². The molecule has 0 aliphatic heterocycles. The van der Waals surface area contributed by atoms with E-state index in [0.717, 1.165) is 5.56 Å². The van der Waals surface area contributed by atoms with E-state index < -0.39 is 0 Å². The van der Waals surface area contributed by atoms with Gasteiger partial charge in [-0.25, -0.2) is 0 Å². The minimum absolute atomic E-state index is 0.556. The van der Waals surface area contributed by atoms with Gasteiger partial charge in [0.2, 0.25) is 0 Å². The SMILES string of the molecule is ClCc1ccc(-c2ccccc2-c2ccccc2)cc1. The molecule has 0 aliphatic rings. The fourth-order valence-corrected chi connectivity index (χ4v) is 2.56. The monoisotopic (exact) mass is 278 g/mol. The van der Waals surface area contributed by atoms with E-state index in [1.807, 2.05) is 6.07 Å². The lowest BCUT2D eigenvalue weighted by Gasteiger charge is -2.10.